The van der Waals surface area contributed by atoms with Crippen LogP contribution >= 0.6 is 0 Å². The molecule has 0 unspecified atom stereocenters. The second-order valence-electron chi connectivity index (χ2n) is 22.0. The molecule has 0 aliphatic rings. The molecule has 0 fully saturated rings. The molecule has 0 atom stereocenters. The van der Waals surface area contributed by atoms with Gasteiger partial charge >= 0.3 is 12.3 Å². The van der Waals surface area contributed by atoms with Crippen molar-refractivity contribution in [3.63, 3.8) is 0 Å². The zero-order valence-corrected chi connectivity index (χ0v) is 39.2. The summed E-state index contributed by atoms with van der Waals surface area (Å²) in [5.41, 5.74) is 11.5. The van der Waals surface area contributed by atoms with Crippen LogP contribution in [0.5, 0.6) is 11.5 Å². The topological polar surface area (TPSA) is 71.1 Å². The van der Waals surface area contributed by atoms with Gasteiger partial charge in [-0.2, -0.15) is 0 Å². The normalized spacial score (nSPS) is 13.1. The van der Waals surface area contributed by atoms with Gasteiger partial charge in [0.15, 0.2) is 0 Å². The Balaban J connectivity index is 2.21. The van der Waals surface area contributed by atoms with Gasteiger partial charge in [-0.1, -0.05) is 107 Å². The summed E-state index contributed by atoms with van der Waals surface area (Å²) >= 11 is 0. The molecule has 0 N–H and O–H groups in total. The van der Waals surface area contributed by atoms with Crippen LogP contribution in [0.25, 0.3) is 0 Å². The first kappa shape index (κ1) is 46.6. The predicted molar refractivity (Wildman–Crippen MR) is 232 cm³/mol. The van der Waals surface area contributed by atoms with E-state index >= 15 is 0 Å². The minimum absolute atomic E-state index is 0.293. The highest BCUT2D eigenvalue weighted by Crippen LogP contribution is 2.44. The minimum atomic E-state index is -0.691. The number of carbonyl (C=O) groups is 2. The first-order chi connectivity index (χ1) is 25.0. The molecule has 0 saturated carbocycles. The van der Waals surface area contributed by atoms with E-state index in [-0.39, 0.29) is 21.7 Å². The summed E-state index contributed by atoms with van der Waals surface area (Å²) in [6.07, 6.45) is 0.114. The van der Waals surface area contributed by atoms with Crippen LogP contribution in [-0.2, 0) is 44.0 Å². The molecule has 56 heavy (non-hydrogen) atoms. The van der Waals surface area contributed by atoms with E-state index in [0.29, 0.717) is 11.5 Å². The van der Waals surface area contributed by atoms with Gasteiger partial charge in [0, 0.05) is 22.3 Å². The average Bonchev–Trinajstić information content (AvgIpc) is 2.97. The summed E-state index contributed by atoms with van der Waals surface area (Å²) < 4.78 is 23.4. The Labute approximate surface area is 340 Å². The Morgan fingerprint density at radius 2 is 0.625 bits per heavy atom. The van der Waals surface area contributed by atoms with Crippen LogP contribution in [0.2, 0.25) is 0 Å². The second-order valence-corrected chi connectivity index (χ2v) is 22.0. The Morgan fingerprint density at radius 1 is 0.411 bits per heavy atom. The van der Waals surface area contributed by atoms with Crippen molar-refractivity contribution in [2.75, 3.05) is 0 Å². The molecule has 0 aliphatic heterocycles. The third-order valence-corrected chi connectivity index (χ3v) is 10.4. The predicted octanol–water partition coefficient (Wildman–Crippen LogP) is 13.9. The van der Waals surface area contributed by atoms with Crippen LogP contribution in [0.1, 0.15) is 191 Å². The first-order valence-electron chi connectivity index (χ1n) is 20.3. The number of hydrogen-bond donors (Lipinski definition) is 0. The first-order valence-corrected chi connectivity index (χ1v) is 20.3. The number of ether oxygens (including phenoxy) is 4. The molecule has 3 aromatic rings. The lowest BCUT2D eigenvalue weighted by molar-refractivity contribution is 0.0185. The largest absolute Gasteiger partial charge is 0.514 e. The summed E-state index contributed by atoms with van der Waals surface area (Å²) in [7, 11) is 0. The van der Waals surface area contributed by atoms with Crippen LogP contribution in [0.15, 0.2) is 24.3 Å². The molecule has 0 radical (unpaired) electrons. The van der Waals surface area contributed by atoms with Crippen LogP contribution < -0.4 is 9.47 Å². The zero-order chi connectivity index (χ0) is 43.3. The van der Waals surface area contributed by atoms with E-state index < -0.39 is 23.5 Å². The number of carbonyl (C=O) groups excluding carboxylic acids is 2. The van der Waals surface area contributed by atoms with Crippen molar-refractivity contribution in [3.05, 3.63) is 91.0 Å². The standard InChI is InChI=1S/C50H74O6/c1-29-30(2)36(24-34-27-39(47(11,12)13)42(40(28-34)48(14,15)16)54-44(52)56-50(20,21)22)32(4)31(3)35(29)23-33-25-37(45(5,6)7)41(38(26-33)46(8,9)10)53-43(51)55-49(17,18)19/h25-28H,23-24H2,1-22H3. The molecule has 0 aromatic heterocycles. The van der Waals surface area contributed by atoms with Crippen LogP contribution in [-0.4, -0.2) is 23.5 Å². The molecule has 0 aliphatic carbocycles. The lowest BCUT2D eigenvalue weighted by Gasteiger charge is -2.31. The molecular formula is C50H74O6. The van der Waals surface area contributed by atoms with Gasteiger partial charge in [-0.15, -0.1) is 0 Å². The molecule has 0 heterocycles. The van der Waals surface area contributed by atoms with Gasteiger partial charge < -0.3 is 18.9 Å². The highest BCUT2D eigenvalue weighted by Gasteiger charge is 2.33. The maximum atomic E-state index is 13.1. The molecule has 0 bridgehead atoms. The Kier molecular flexibility index (Phi) is 13.2. The summed E-state index contributed by atoms with van der Waals surface area (Å²) in [5.74, 6) is 1.18. The Bertz CT molecular complexity index is 1710. The van der Waals surface area contributed by atoms with E-state index in [2.05, 4.69) is 135 Å². The van der Waals surface area contributed by atoms with E-state index in [0.717, 1.165) is 35.1 Å². The van der Waals surface area contributed by atoms with Gasteiger partial charge in [0.1, 0.15) is 22.7 Å². The lowest BCUT2D eigenvalue weighted by Crippen LogP contribution is -2.28. The molecule has 6 heteroatoms. The number of hydrogen-bond acceptors (Lipinski definition) is 6. The molecular weight excluding hydrogens is 697 g/mol. The SMILES string of the molecule is Cc1c(C)c(Cc2cc(C(C)(C)C)c(OC(=O)OC(C)(C)C)c(C(C)(C)C)c2)c(C)c(C)c1Cc1cc(C(C)(C)C)c(OC(=O)OC(C)(C)C)c(C(C)(C)C)c1. The highest BCUT2D eigenvalue weighted by atomic mass is 16.7. The highest BCUT2D eigenvalue weighted by molar-refractivity contribution is 5.69. The Hall–Kier alpha value is -3.80. The van der Waals surface area contributed by atoms with Crippen molar-refractivity contribution in [3.8, 4) is 11.5 Å². The van der Waals surface area contributed by atoms with Crippen LogP contribution in [0.4, 0.5) is 9.59 Å². The molecule has 0 spiro atoms. The maximum absolute atomic E-state index is 13.1. The quantitative estimate of drug-likeness (QED) is 0.184. The van der Waals surface area contributed by atoms with Gasteiger partial charge in [-0.05, 0) is 148 Å². The zero-order valence-electron chi connectivity index (χ0n) is 39.2. The fraction of sp³-hybridized carbons (Fsp3) is 0.600. The van der Waals surface area contributed by atoms with Crippen molar-refractivity contribution in [1.29, 1.82) is 0 Å². The summed E-state index contributed by atoms with van der Waals surface area (Å²) in [6.45, 7) is 46.0. The summed E-state index contributed by atoms with van der Waals surface area (Å²) in [6, 6.07) is 8.87. The molecule has 0 amide bonds. The van der Waals surface area contributed by atoms with Crippen LogP contribution in [0, 0.1) is 27.7 Å². The maximum Gasteiger partial charge on any atom is 0.514 e. The number of benzene rings is 3. The third kappa shape index (κ3) is 11.6. The Morgan fingerprint density at radius 3 is 0.804 bits per heavy atom. The van der Waals surface area contributed by atoms with E-state index in [4.69, 9.17) is 18.9 Å². The van der Waals surface area contributed by atoms with Crippen molar-refractivity contribution < 1.29 is 28.5 Å². The van der Waals surface area contributed by atoms with Gasteiger partial charge in [0.05, 0.1) is 0 Å². The number of rotatable bonds is 6. The monoisotopic (exact) mass is 771 g/mol. The molecule has 3 aromatic carbocycles. The minimum Gasteiger partial charge on any atom is -0.428 e. The van der Waals surface area contributed by atoms with Gasteiger partial charge in [0.25, 0.3) is 0 Å². The summed E-state index contributed by atoms with van der Waals surface area (Å²) in [4.78, 5) is 26.1. The second kappa shape index (κ2) is 15.9. The van der Waals surface area contributed by atoms with Gasteiger partial charge in [-0.25, -0.2) is 9.59 Å². The average molecular weight is 771 g/mol. The lowest BCUT2D eigenvalue weighted by atomic mass is 9.76. The summed E-state index contributed by atoms with van der Waals surface area (Å²) in [5, 5.41) is 0. The fourth-order valence-electron chi connectivity index (χ4n) is 7.14. The van der Waals surface area contributed by atoms with Gasteiger partial charge in [0.2, 0.25) is 0 Å². The van der Waals surface area contributed by atoms with E-state index in [1.54, 1.807) is 0 Å². The smallest absolute Gasteiger partial charge is 0.428 e. The van der Waals surface area contributed by atoms with Gasteiger partial charge in [-0.3, -0.25) is 0 Å². The van der Waals surface area contributed by atoms with E-state index in [9.17, 15) is 9.59 Å². The van der Waals surface area contributed by atoms with E-state index in [1.807, 2.05) is 41.5 Å². The van der Waals surface area contributed by atoms with Crippen LogP contribution in [0.3, 0.4) is 0 Å². The third-order valence-electron chi connectivity index (χ3n) is 10.4. The van der Waals surface area contributed by atoms with Crippen molar-refractivity contribution in [1.82, 2.24) is 0 Å². The fourth-order valence-corrected chi connectivity index (χ4v) is 7.14. The van der Waals surface area contributed by atoms with Crippen molar-refractivity contribution in [2.24, 2.45) is 0 Å². The van der Waals surface area contributed by atoms with E-state index in [1.165, 1.54) is 44.5 Å². The molecule has 310 valence electrons. The molecule has 3 rings (SSSR count). The molecule has 0 saturated heterocycles. The molecule has 6 nitrogen and oxygen atoms in total. The van der Waals surface area contributed by atoms with Crippen molar-refractivity contribution in [2.45, 2.75) is 198 Å². The van der Waals surface area contributed by atoms with Crippen molar-refractivity contribution >= 4 is 12.3 Å².